The molecule has 1 atom stereocenters. The zero-order valence-electron chi connectivity index (χ0n) is 15.7. The lowest BCUT2D eigenvalue weighted by Crippen LogP contribution is -2.39. The molecule has 2 aromatic heterocycles. The number of H-pyrrole nitrogens is 1. The van der Waals surface area contributed by atoms with Crippen molar-refractivity contribution in [3.05, 3.63) is 60.3 Å². The van der Waals surface area contributed by atoms with Crippen LogP contribution in [0.15, 0.2) is 53.9 Å². The van der Waals surface area contributed by atoms with E-state index in [2.05, 4.69) is 20.2 Å². The van der Waals surface area contributed by atoms with Crippen LogP contribution in [-0.4, -0.2) is 46.0 Å². The Bertz CT molecular complexity index is 1130. The zero-order chi connectivity index (χ0) is 21.4. The van der Waals surface area contributed by atoms with Gasteiger partial charge in [-0.1, -0.05) is 12.1 Å². The van der Waals surface area contributed by atoms with Crippen LogP contribution in [0.2, 0.25) is 0 Å². The number of alkyl halides is 3. The standard InChI is InChI=1S/C19H18F3N5O2S/c20-19(21,22)15-5-1-3-13(9-15)17-18(24-7-6-23-17)14-4-2-8-27(12-14)30(28,29)16-10-25-26-11-16/h1,3,5-7,9-11,14H,2,4,8,12H2,(H,25,26). The van der Waals surface area contributed by atoms with Crippen LogP contribution < -0.4 is 0 Å². The van der Waals surface area contributed by atoms with E-state index in [9.17, 15) is 21.6 Å². The highest BCUT2D eigenvalue weighted by Gasteiger charge is 2.34. The first kappa shape index (κ1) is 20.5. The highest BCUT2D eigenvalue weighted by Crippen LogP contribution is 2.36. The third-order valence-electron chi connectivity index (χ3n) is 5.07. The molecular weight excluding hydrogens is 419 g/mol. The number of piperidine rings is 1. The minimum Gasteiger partial charge on any atom is -0.284 e. The van der Waals surface area contributed by atoms with Crippen molar-refractivity contribution >= 4 is 10.0 Å². The zero-order valence-corrected chi connectivity index (χ0v) is 16.5. The molecule has 1 aliphatic rings. The van der Waals surface area contributed by atoms with Crippen molar-refractivity contribution in [2.45, 2.75) is 29.8 Å². The molecule has 7 nitrogen and oxygen atoms in total. The van der Waals surface area contributed by atoms with Crippen molar-refractivity contribution in [3.8, 4) is 11.3 Å². The molecule has 11 heteroatoms. The number of aromatic amines is 1. The maximum Gasteiger partial charge on any atom is 0.416 e. The topological polar surface area (TPSA) is 91.8 Å². The predicted molar refractivity (Wildman–Crippen MR) is 102 cm³/mol. The van der Waals surface area contributed by atoms with Gasteiger partial charge in [-0.3, -0.25) is 15.1 Å². The Labute approximate surface area is 171 Å². The highest BCUT2D eigenvalue weighted by atomic mass is 32.2. The maximum absolute atomic E-state index is 13.1. The SMILES string of the molecule is O=S(=O)(c1cn[nH]c1)N1CCCC(c2nccnc2-c2cccc(C(F)(F)F)c2)C1. The molecular formula is C19H18F3N5O2S. The van der Waals surface area contributed by atoms with Gasteiger partial charge in [-0.25, -0.2) is 8.42 Å². The summed E-state index contributed by atoms with van der Waals surface area (Å²) in [6, 6.07) is 4.91. The molecule has 0 bridgehead atoms. The quantitative estimate of drug-likeness (QED) is 0.675. The van der Waals surface area contributed by atoms with Gasteiger partial charge in [-0.15, -0.1) is 0 Å². The molecule has 1 saturated heterocycles. The summed E-state index contributed by atoms with van der Waals surface area (Å²) in [5, 5.41) is 6.19. The number of aromatic nitrogens is 4. The summed E-state index contributed by atoms with van der Waals surface area (Å²) >= 11 is 0. The number of rotatable bonds is 4. The number of nitrogens with zero attached hydrogens (tertiary/aromatic N) is 4. The van der Waals surface area contributed by atoms with Crippen LogP contribution in [0, 0.1) is 0 Å². The van der Waals surface area contributed by atoms with E-state index in [1.165, 1.54) is 35.2 Å². The average Bonchev–Trinajstić information content (AvgIpc) is 3.29. The monoisotopic (exact) mass is 437 g/mol. The second kappa shape index (κ2) is 7.80. The molecule has 1 aliphatic heterocycles. The van der Waals surface area contributed by atoms with E-state index in [-0.39, 0.29) is 17.4 Å². The van der Waals surface area contributed by atoms with Gasteiger partial charge in [0.05, 0.1) is 23.1 Å². The van der Waals surface area contributed by atoms with E-state index >= 15 is 0 Å². The van der Waals surface area contributed by atoms with Gasteiger partial charge in [0, 0.05) is 43.2 Å². The van der Waals surface area contributed by atoms with Crippen LogP contribution >= 0.6 is 0 Å². The van der Waals surface area contributed by atoms with E-state index < -0.39 is 21.8 Å². The van der Waals surface area contributed by atoms with Gasteiger partial charge < -0.3 is 0 Å². The van der Waals surface area contributed by atoms with Crippen molar-refractivity contribution in [2.24, 2.45) is 0 Å². The lowest BCUT2D eigenvalue weighted by Gasteiger charge is -2.31. The van der Waals surface area contributed by atoms with Crippen molar-refractivity contribution in [3.63, 3.8) is 0 Å². The molecule has 0 spiro atoms. The van der Waals surface area contributed by atoms with Gasteiger partial charge in [0.25, 0.3) is 0 Å². The third-order valence-corrected chi connectivity index (χ3v) is 6.90. The molecule has 1 N–H and O–H groups in total. The lowest BCUT2D eigenvalue weighted by molar-refractivity contribution is -0.137. The average molecular weight is 437 g/mol. The summed E-state index contributed by atoms with van der Waals surface area (Å²) in [6.45, 7) is 0.515. The van der Waals surface area contributed by atoms with Gasteiger partial charge in [0.15, 0.2) is 0 Å². The first-order chi connectivity index (χ1) is 14.3. The molecule has 0 saturated carbocycles. The molecule has 3 aromatic rings. The molecule has 158 valence electrons. The number of benzene rings is 1. The summed E-state index contributed by atoms with van der Waals surface area (Å²) < 4.78 is 66.5. The molecule has 1 fully saturated rings. The second-order valence-electron chi connectivity index (χ2n) is 7.00. The van der Waals surface area contributed by atoms with E-state index in [1.54, 1.807) is 6.07 Å². The smallest absolute Gasteiger partial charge is 0.284 e. The third kappa shape index (κ3) is 3.94. The number of nitrogens with one attached hydrogen (secondary N) is 1. The van der Waals surface area contributed by atoms with E-state index in [1.807, 2.05) is 0 Å². The Kier molecular flexibility index (Phi) is 5.33. The summed E-state index contributed by atoms with van der Waals surface area (Å²) in [5.74, 6) is -0.293. The van der Waals surface area contributed by atoms with Crippen LogP contribution in [0.1, 0.15) is 30.0 Å². The fourth-order valence-corrected chi connectivity index (χ4v) is 5.06. The van der Waals surface area contributed by atoms with Crippen molar-refractivity contribution in [2.75, 3.05) is 13.1 Å². The molecule has 0 aliphatic carbocycles. The van der Waals surface area contributed by atoms with E-state index in [0.29, 0.717) is 36.3 Å². The molecule has 30 heavy (non-hydrogen) atoms. The maximum atomic E-state index is 13.1. The fourth-order valence-electron chi connectivity index (χ4n) is 3.63. The molecule has 0 radical (unpaired) electrons. The van der Waals surface area contributed by atoms with Crippen molar-refractivity contribution in [1.29, 1.82) is 0 Å². The Morgan fingerprint density at radius 3 is 2.70 bits per heavy atom. The van der Waals surface area contributed by atoms with Gasteiger partial charge >= 0.3 is 6.18 Å². The number of hydrogen-bond donors (Lipinski definition) is 1. The predicted octanol–water partition coefficient (Wildman–Crippen LogP) is 3.45. The second-order valence-corrected chi connectivity index (χ2v) is 8.94. The molecule has 4 rings (SSSR count). The van der Waals surface area contributed by atoms with Crippen LogP contribution in [0.4, 0.5) is 13.2 Å². The molecule has 0 amide bonds. The number of halogens is 3. The Hall–Kier alpha value is -2.79. The van der Waals surface area contributed by atoms with Crippen LogP contribution in [0.25, 0.3) is 11.3 Å². The van der Waals surface area contributed by atoms with Crippen molar-refractivity contribution < 1.29 is 21.6 Å². The van der Waals surface area contributed by atoms with Crippen molar-refractivity contribution in [1.82, 2.24) is 24.5 Å². The van der Waals surface area contributed by atoms with Crippen LogP contribution in [0.5, 0.6) is 0 Å². The van der Waals surface area contributed by atoms with Crippen LogP contribution in [0.3, 0.4) is 0 Å². The molecule has 1 aromatic carbocycles. The lowest BCUT2D eigenvalue weighted by atomic mass is 9.92. The normalized spacial score (nSPS) is 18.4. The summed E-state index contributed by atoms with van der Waals surface area (Å²) in [7, 11) is -3.72. The largest absolute Gasteiger partial charge is 0.416 e. The van der Waals surface area contributed by atoms with E-state index in [4.69, 9.17) is 0 Å². The minimum atomic E-state index is -4.47. The summed E-state index contributed by atoms with van der Waals surface area (Å²) in [6.07, 6.45) is 2.23. The van der Waals surface area contributed by atoms with Gasteiger partial charge in [0.1, 0.15) is 4.90 Å². The van der Waals surface area contributed by atoms with Gasteiger partial charge in [-0.2, -0.15) is 22.6 Å². The first-order valence-electron chi connectivity index (χ1n) is 9.24. The number of hydrogen-bond acceptors (Lipinski definition) is 5. The Morgan fingerprint density at radius 2 is 1.97 bits per heavy atom. The minimum absolute atomic E-state index is 0.0698. The fraction of sp³-hybridized carbons (Fsp3) is 0.316. The van der Waals surface area contributed by atoms with Crippen LogP contribution in [-0.2, 0) is 16.2 Å². The van der Waals surface area contributed by atoms with Gasteiger partial charge in [-0.05, 0) is 25.0 Å². The summed E-state index contributed by atoms with van der Waals surface area (Å²) in [5.41, 5.74) is 0.340. The number of sulfonamides is 1. The Balaban J connectivity index is 1.68. The first-order valence-corrected chi connectivity index (χ1v) is 10.7. The Morgan fingerprint density at radius 1 is 1.17 bits per heavy atom. The van der Waals surface area contributed by atoms with E-state index in [0.717, 1.165) is 12.1 Å². The highest BCUT2D eigenvalue weighted by molar-refractivity contribution is 7.89. The molecule has 1 unspecified atom stereocenters. The van der Waals surface area contributed by atoms with Gasteiger partial charge in [0.2, 0.25) is 10.0 Å². The molecule has 3 heterocycles. The summed E-state index contributed by atoms with van der Waals surface area (Å²) in [4.78, 5) is 8.71.